The van der Waals surface area contributed by atoms with Crippen molar-refractivity contribution in [1.82, 2.24) is 5.32 Å². The Bertz CT molecular complexity index is 595. The summed E-state index contributed by atoms with van der Waals surface area (Å²) in [7, 11) is 0. The first-order valence-corrected chi connectivity index (χ1v) is 7.36. The van der Waals surface area contributed by atoms with Crippen LogP contribution in [0, 0.1) is 16.7 Å². The maximum atomic E-state index is 12.0. The van der Waals surface area contributed by atoms with Gasteiger partial charge in [-0.05, 0) is 43.5 Å². The molecule has 0 spiro atoms. The van der Waals surface area contributed by atoms with Gasteiger partial charge < -0.3 is 15.2 Å². The fourth-order valence-corrected chi connectivity index (χ4v) is 2.07. The molecule has 2 rings (SSSR count). The quantitative estimate of drug-likeness (QED) is 0.595. The molecule has 5 nitrogen and oxygen atoms in total. The van der Waals surface area contributed by atoms with Crippen molar-refractivity contribution in [3.63, 3.8) is 0 Å². The van der Waals surface area contributed by atoms with Gasteiger partial charge in [0.25, 0.3) is 5.91 Å². The largest absolute Gasteiger partial charge is 0.494 e. The lowest BCUT2D eigenvalue weighted by Gasteiger charge is -2.12. The average molecular weight is 300 g/mol. The minimum Gasteiger partial charge on any atom is -0.494 e. The Morgan fingerprint density at radius 3 is 2.64 bits per heavy atom. The van der Waals surface area contributed by atoms with Crippen molar-refractivity contribution >= 4 is 12.0 Å². The van der Waals surface area contributed by atoms with Gasteiger partial charge in [-0.2, -0.15) is 5.26 Å². The highest BCUT2D eigenvalue weighted by molar-refractivity contribution is 6.01. The van der Waals surface area contributed by atoms with Crippen molar-refractivity contribution in [3.05, 3.63) is 35.4 Å². The summed E-state index contributed by atoms with van der Waals surface area (Å²) in [5.41, 5.74) is 0.645. The van der Waals surface area contributed by atoms with Crippen LogP contribution in [0.4, 0.5) is 0 Å². The summed E-state index contributed by atoms with van der Waals surface area (Å²) in [4.78, 5) is 12.0. The average Bonchev–Trinajstić information content (AvgIpc) is 3.33. The first kappa shape index (κ1) is 16.1. The third-order valence-electron chi connectivity index (χ3n) is 3.78. The van der Waals surface area contributed by atoms with E-state index in [4.69, 9.17) is 10.00 Å². The Hall–Kier alpha value is -2.32. The molecule has 1 saturated carbocycles. The second kappa shape index (κ2) is 7.10. The molecule has 5 heteroatoms. The van der Waals surface area contributed by atoms with Crippen molar-refractivity contribution < 1.29 is 14.6 Å². The first-order chi connectivity index (χ1) is 10.6. The van der Waals surface area contributed by atoms with Crippen LogP contribution in [-0.2, 0) is 4.79 Å². The van der Waals surface area contributed by atoms with Crippen molar-refractivity contribution in [2.45, 2.75) is 19.8 Å². The molecule has 0 atom stereocenters. The fraction of sp³-hybridized carbons (Fsp3) is 0.412. The highest BCUT2D eigenvalue weighted by Gasteiger charge is 2.42. The third kappa shape index (κ3) is 4.09. The molecule has 1 amide bonds. The molecular weight excluding hydrogens is 280 g/mol. The molecular formula is C17H20N2O3. The molecule has 1 aliphatic carbocycles. The van der Waals surface area contributed by atoms with Gasteiger partial charge >= 0.3 is 0 Å². The Morgan fingerprint density at radius 2 is 2.14 bits per heavy atom. The van der Waals surface area contributed by atoms with Crippen LogP contribution in [0.1, 0.15) is 25.3 Å². The number of nitrogens with zero attached hydrogens (tertiary/aromatic N) is 1. The van der Waals surface area contributed by atoms with E-state index in [9.17, 15) is 9.90 Å². The monoisotopic (exact) mass is 300 g/mol. The van der Waals surface area contributed by atoms with E-state index in [-0.39, 0.29) is 17.6 Å². The van der Waals surface area contributed by atoms with Gasteiger partial charge in [0.15, 0.2) is 0 Å². The number of nitriles is 1. The van der Waals surface area contributed by atoms with E-state index in [2.05, 4.69) is 5.32 Å². The molecule has 0 bridgehead atoms. The van der Waals surface area contributed by atoms with E-state index >= 15 is 0 Å². The Balaban J connectivity index is 2.00. The van der Waals surface area contributed by atoms with E-state index in [1.54, 1.807) is 30.3 Å². The van der Waals surface area contributed by atoms with Crippen LogP contribution in [0.25, 0.3) is 6.08 Å². The molecule has 0 unspecified atom stereocenters. The van der Waals surface area contributed by atoms with Gasteiger partial charge in [-0.1, -0.05) is 12.1 Å². The molecule has 1 fully saturated rings. The van der Waals surface area contributed by atoms with Crippen molar-refractivity contribution in [1.29, 1.82) is 5.26 Å². The first-order valence-electron chi connectivity index (χ1n) is 7.36. The maximum absolute atomic E-state index is 12.0. The minimum atomic E-state index is -0.406. The van der Waals surface area contributed by atoms with Gasteiger partial charge in [0.05, 0.1) is 13.2 Å². The molecule has 0 aliphatic heterocycles. The number of rotatable bonds is 7. The summed E-state index contributed by atoms with van der Waals surface area (Å²) >= 11 is 0. The number of hydrogen-bond acceptors (Lipinski definition) is 4. The molecule has 1 aromatic rings. The van der Waals surface area contributed by atoms with E-state index in [0.29, 0.717) is 13.2 Å². The van der Waals surface area contributed by atoms with Gasteiger partial charge in [0.1, 0.15) is 17.4 Å². The van der Waals surface area contributed by atoms with Crippen LogP contribution in [0.2, 0.25) is 0 Å². The zero-order valence-electron chi connectivity index (χ0n) is 12.6. The number of nitrogens with one attached hydrogen (secondary N) is 1. The van der Waals surface area contributed by atoms with Gasteiger partial charge in [0, 0.05) is 12.0 Å². The molecule has 2 N–H and O–H groups in total. The highest BCUT2D eigenvalue weighted by Crippen LogP contribution is 2.44. The highest BCUT2D eigenvalue weighted by atomic mass is 16.5. The predicted molar refractivity (Wildman–Crippen MR) is 83.0 cm³/mol. The number of benzene rings is 1. The second-order valence-corrected chi connectivity index (χ2v) is 5.51. The summed E-state index contributed by atoms with van der Waals surface area (Å²) in [6.07, 6.45) is 3.37. The Kier molecular flexibility index (Phi) is 5.18. The Morgan fingerprint density at radius 1 is 1.45 bits per heavy atom. The lowest BCUT2D eigenvalue weighted by Crippen LogP contribution is -2.32. The molecule has 1 aromatic carbocycles. The van der Waals surface area contributed by atoms with E-state index in [1.807, 2.05) is 13.0 Å². The number of amides is 1. The molecule has 22 heavy (non-hydrogen) atoms. The molecule has 0 radical (unpaired) electrons. The predicted octanol–water partition coefficient (Wildman–Crippen LogP) is 1.88. The Labute approximate surface area is 130 Å². The minimum absolute atomic E-state index is 0.0536. The summed E-state index contributed by atoms with van der Waals surface area (Å²) < 4.78 is 5.35. The third-order valence-corrected chi connectivity index (χ3v) is 3.78. The molecule has 1 aliphatic rings. The van der Waals surface area contributed by atoms with Crippen LogP contribution in [0.5, 0.6) is 5.75 Å². The number of carbonyl (C=O) groups is 1. The number of hydrogen-bond donors (Lipinski definition) is 2. The number of aliphatic hydroxyl groups is 1. The molecule has 0 heterocycles. The second-order valence-electron chi connectivity index (χ2n) is 5.51. The van der Waals surface area contributed by atoms with Crippen molar-refractivity contribution in [3.8, 4) is 11.8 Å². The normalized spacial score (nSPS) is 15.8. The van der Waals surface area contributed by atoms with Gasteiger partial charge in [0.2, 0.25) is 0 Å². The van der Waals surface area contributed by atoms with Gasteiger partial charge in [-0.15, -0.1) is 0 Å². The summed E-state index contributed by atoms with van der Waals surface area (Å²) in [6, 6.07) is 9.11. The standard InChI is InChI=1S/C17H20N2O3/c1-2-22-15-5-3-13(4-6-15)9-14(10-18)16(21)19-11-17(12-20)7-8-17/h3-6,9,20H,2,7-8,11-12H2,1H3,(H,19,21)/b14-9-. The van der Waals surface area contributed by atoms with Crippen molar-refractivity contribution in [2.75, 3.05) is 19.8 Å². The van der Waals surface area contributed by atoms with E-state index in [0.717, 1.165) is 24.2 Å². The van der Waals surface area contributed by atoms with E-state index < -0.39 is 5.91 Å². The summed E-state index contributed by atoms with van der Waals surface area (Å²) in [5, 5.41) is 21.1. The van der Waals surface area contributed by atoms with Gasteiger partial charge in [-0.3, -0.25) is 4.79 Å². The molecule has 0 aromatic heterocycles. The van der Waals surface area contributed by atoms with Crippen LogP contribution in [0.15, 0.2) is 29.8 Å². The summed E-state index contributed by atoms with van der Waals surface area (Å²) in [5.74, 6) is 0.345. The lowest BCUT2D eigenvalue weighted by atomic mass is 10.1. The van der Waals surface area contributed by atoms with Gasteiger partial charge in [-0.25, -0.2) is 0 Å². The van der Waals surface area contributed by atoms with Crippen molar-refractivity contribution in [2.24, 2.45) is 5.41 Å². The SMILES string of the molecule is CCOc1ccc(/C=C(/C#N)C(=O)NCC2(CO)CC2)cc1. The van der Waals surface area contributed by atoms with Crippen LogP contribution in [-0.4, -0.2) is 30.8 Å². The topological polar surface area (TPSA) is 82.3 Å². The smallest absolute Gasteiger partial charge is 0.261 e. The fourth-order valence-electron chi connectivity index (χ4n) is 2.07. The van der Waals surface area contributed by atoms with Crippen LogP contribution >= 0.6 is 0 Å². The maximum Gasteiger partial charge on any atom is 0.261 e. The summed E-state index contributed by atoms with van der Waals surface area (Å²) in [6.45, 7) is 2.97. The van der Waals surface area contributed by atoms with Crippen LogP contribution < -0.4 is 10.1 Å². The zero-order chi connectivity index (χ0) is 16.0. The number of carbonyl (C=O) groups excluding carboxylic acids is 1. The van der Waals surface area contributed by atoms with E-state index in [1.165, 1.54) is 0 Å². The number of ether oxygens (including phenoxy) is 1. The number of aliphatic hydroxyl groups excluding tert-OH is 1. The molecule has 0 saturated heterocycles. The zero-order valence-corrected chi connectivity index (χ0v) is 12.6. The lowest BCUT2D eigenvalue weighted by molar-refractivity contribution is -0.117. The van der Waals surface area contributed by atoms with Crippen LogP contribution in [0.3, 0.4) is 0 Å². The molecule has 116 valence electrons.